The van der Waals surface area contributed by atoms with Crippen molar-refractivity contribution in [2.24, 2.45) is 0 Å². The predicted octanol–water partition coefficient (Wildman–Crippen LogP) is 3.07. The first-order chi connectivity index (χ1) is 12.1. The van der Waals surface area contributed by atoms with E-state index in [0.29, 0.717) is 19.5 Å². The Morgan fingerprint density at radius 2 is 1.80 bits per heavy atom. The Morgan fingerprint density at radius 3 is 2.56 bits per heavy atom. The van der Waals surface area contributed by atoms with Crippen LogP contribution in [0, 0.1) is 5.82 Å². The largest absolute Gasteiger partial charge is 0.497 e. The SMILES string of the molecule is COc1cccc(CN2CCC(=O)N(Cc3ccc(F)cc3)CC2)c1. The highest BCUT2D eigenvalue weighted by molar-refractivity contribution is 5.76. The van der Waals surface area contributed by atoms with E-state index in [-0.39, 0.29) is 11.7 Å². The minimum atomic E-state index is -0.254. The van der Waals surface area contributed by atoms with Gasteiger partial charge in [-0.05, 0) is 35.4 Å². The Balaban J connectivity index is 1.60. The maximum Gasteiger partial charge on any atom is 0.224 e. The third-order valence-electron chi connectivity index (χ3n) is 4.51. The number of nitrogens with zero attached hydrogens (tertiary/aromatic N) is 2. The van der Waals surface area contributed by atoms with Crippen molar-refractivity contribution < 1.29 is 13.9 Å². The van der Waals surface area contributed by atoms with Crippen LogP contribution in [-0.4, -0.2) is 42.5 Å². The highest BCUT2D eigenvalue weighted by Gasteiger charge is 2.21. The second kappa shape index (κ2) is 8.12. The number of carbonyl (C=O) groups is 1. The first-order valence-corrected chi connectivity index (χ1v) is 8.51. The molecule has 1 aliphatic rings. The quantitative estimate of drug-likeness (QED) is 0.837. The average Bonchev–Trinajstić information content (AvgIpc) is 2.80. The number of methoxy groups -OCH3 is 1. The topological polar surface area (TPSA) is 32.8 Å². The molecule has 0 atom stereocenters. The smallest absolute Gasteiger partial charge is 0.224 e. The molecular formula is C20H23FN2O2. The lowest BCUT2D eigenvalue weighted by atomic mass is 10.2. The van der Waals surface area contributed by atoms with E-state index < -0.39 is 0 Å². The summed E-state index contributed by atoms with van der Waals surface area (Å²) in [6, 6.07) is 14.4. The van der Waals surface area contributed by atoms with E-state index in [1.807, 2.05) is 23.1 Å². The molecule has 0 unspecified atom stereocenters. The van der Waals surface area contributed by atoms with Crippen LogP contribution >= 0.6 is 0 Å². The number of carbonyl (C=O) groups excluding carboxylic acids is 1. The van der Waals surface area contributed by atoms with E-state index >= 15 is 0 Å². The van der Waals surface area contributed by atoms with E-state index in [1.165, 1.54) is 17.7 Å². The summed E-state index contributed by atoms with van der Waals surface area (Å²) in [7, 11) is 1.66. The van der Waals surface area contributed by atoms with Gasteiger partial charge in [-0.2, -0.15) is 0 Å². The zero-order valence-electron chi connectivity index (χ0n) is 14.5. The van der Waals surface area contributed by atoms with Crippen LogP contribution in [0.1, 0.15) is 17.5 Å². The maximum absolute atomic E-state index is 13.0. The van der Waals surface area contributed by atoms with E-state index in [4.69, 9.17) is 4.74 Å². The van der Waals surface area contributed by atoms with Gasteiger partial charge in [-0.1, -0.05) is 24.3 Å². The molecule has 0 radical (unpaired) electrons. The zero-order valence-corrected chi connectivity index (χ0v) is 14.5. The lowest BCUT2D eigenvalue weighted by molar-refractivity contribution is -0.130. The van der Waals surface area contributed by atoms with Crippen LogP contribution in [0.25, 0.3) is 0 Å². The molecule has 0 aliphatic carbocycles. The molecule has 0 bridgehead atoms. The molecule has 0 spiro atoms. The van der Waals surface area contributed by atoms with Gasteiger partial charge in [-0.3, -0.25) is 9.69 Å². The van der Waals surface area contributed by atoms with E-state index in [0.717, 1.165) is 30.9 Å². The third-order valence-corrected chi connectivity index (χ3v) is 4.51. The van der Waals surface area contributed by atoms with E-state index in [9.17, 15) is 9.18 Å². The molecule has 0 saturated carbocycles. The van der Waals surface area contributed by atoms with Crippen LogP contribution in [0.3, 0.4) is 0 Å². The molecule has 1 aliphatic heterocycles. The minimum Gasteiger partial charge on any atom is -0.497 e. The van der Waals surface area contributed by atoms with Crippen LogP contribution in [0.5, 0.6) is 5.75 Å². The monoisotopic (exact) mass is 342 g/mol. The first-order valence-electron chi connectivity index (χ1n) is 8.51. The summed E-state index contributed by atoms with van der Waals surface area (Å²) < 4.78 is 18.3. The molecule has 25 heavy (non-hydrogen) atoms. The molecule has 0 aromatic heterocycles. The molecule has 1 amide bonds. The second-order valence-electron chi connectivity index (χ2n) is 6.32. The van der Waals surface area contributed by atoms with Gasteiger partial charge in [0.25, 0.3) is 0 Å². The zero-order chi connectivity index (χ0) is 17.6. The fourth-order valence-corrected chi connectivity index (χ4v) is 3.08. The van der Waals surface area contributed by atoms with Gasteiger partial charge < -0.3 is 9.64 Å². The van der Waals surface area contributed by atoms with Crippen molar-refractivity contribution in [1.29, 1.82) is 0 Å². The molecule has 0 N–H and O–H groups in total. The normalized spacial score (nSPS) is 15.9. The molecule has 1 heterocycles. The Morgan fingerprint density at radius 1 is 1.00 bits per heavy atom. The Bertz CT molecular complexity index is 718. The van der Waals surface area contributed by atoms with Crippen LogP contribution in [0.4, 0.5) is 4.39 Å². The summed E-state index contributed by atoms with van der Waals surface area (Å²) in [6.07, 6.45) is 0.505. The summed E-state index contributed by atoms with van der Waals surface area (Å²) in [5.41, 5.74) is 2.13. The fraction of sp³-hybridized carbons (Fsp3) is 0.350. The van der Waals surface area contributed by atoms with Crippen molar-refractivity contribution >= 4 is 5.91 Å². The van der Waals surface area contributed by atoms with Gasteiger partial charge in [0, 0.05) is 39.1 Å². The van der Waals surface area contributed by atoms with Gasteiger partial charge in [0.05, 0.1) is 7.11 Å². The van der Waals surface area contributed by atoms with Crippen molar-refractivity contribution in [2.75, 3.05) is 26.7 Å². The molecule has 1 saturated heterocycles. The summed E-state index contributed by atoms with van der Waals surface area (Å²) >= 11 is 0. The molecule has 2 aromatic rings. The van der Waals surface area contributed by atoms with Gasteiger partial charge in [-0.25, -0.2) is 4.39 Å². The lowest BCUT2D eigenvalue weighted by Gasteiger charge is -2.22. The van der Waals surface area contributed by atoms with Crippen molar-refractivity contribution in [2.45, 2.75) is 19.5 Å². The summed E-state index contributed by atoms with van der Waals surface area (Å²) in [5, 5.41) is 0. The van der Waals surface area contributed by atoms with Gasteiger partial charge >= 0.3 is 0 Å². The predicted molar refractivity (Wildman–Crippen MR) is 94.7 cm³/mol. The maximum atomic E-state index is 13.0. The number of benzene rings is 2. The van der Waals surface area contributed by atoms with Crippen molar-refractivity contribution in [3.63, 3.8) is 0 Å². The molecule has 132 valence electrons. The van der Waals surface area contributed by atoms with Gasteiger partial charge in [-0.15, -0.1) is 0 Å². The molecule has 2 aromatic carbocycles. The Kier molecular flexibility index (Phi) is 5.66. The van der Waals surface area contributed by atoms with Crippen molar-refractivity contribution in [1.82, 2.24) is 9.80 Å². The molecule has 4 nitrogen and oxygen atoms in total. The van der Waals surface area contributed by atoms with Gasteiger partial charge in [0.1, 0.15) is 11.6 Å². The number of amides is 1. The Labute approximate surface area is 147 Å². The van der Waals surface area contributed by atoms with Crippen LogP contribution < -0.4 is 4.74 Å². The van der Waals surface area contributed by atoms with E-state index in [2.05, 4.69) is 11.0 Å². The van der Waals surface area contributed by atoms with Crippen LogP contribution in [0.2, 0.25) is 0 Å². The van der Waals surface area contributed by atoms with Crippen molar-refractivity contribution in [3.8, 4) is 5.75 Å². The summed E-state index contributed by atoms with van der Waals surface area (Å²) in [6.45, 7) is 3.58. The second-order valence-corrected chi connectivity index (χ2v) is 6.32. The minimum absolute atomic E-state index is 0.150. The molecule has 1 fully saturated rings. The van der Waals surface area contributed by atoms with Crippen LogP contribution in [-0.2, 0) is 17.9 Å². The number of hydrogen-bond acceptors (Lipinski definition) is 3. The third kappa shape index (κ3) is 4.79. The lowest BCUT2D eigenvalue weighted by Crippen LogP contribution is -2.32. The van der Waals surface area contributed by atoms with E-state index in [1.54, 1.807) is 19.2 Å². The van der Waals surface area contributed by atoms with Gasteiger partial charge in [0.15, 0.2) is 0 Å². The molecule has 3 rings (SSSR count). The van der Waals surface area contributed by atoms with Crippen molar-refractivity contribution in [3.05, 3.63) is 65.5 Å². The summed E-state index contributed by atoms with van der Waals surface area (Å²) in [5.74, 6) is 0.745. The molecular weight excluding hydrogens is 319 g/mol. The highest BCUT2D eigenvalue weighted by Crippen LogP contribution is 2.16. The standard InChI is InChI=1S/C20H23FN2O2/c1-25-19-4-2-3-17(13-19)14-22-10-9-20(24)23(12-11-22)15-16-5-7-18(21)8-6-16/h2-8,13H,9-12,14-15H2,1H3. The highest BCUT2D eigenvalue weighted by atomic mass is 19.1. The number of rotatable bonds is 5. The Hall–Kier alpha value is -2.40. The summed E-state index contributed by atoms with van der Waals surface area (Å²) in [4.78, 5) is 16.5. The first kappa shape index (κ1) is 17.4. The molecule has 5 heteroatoms. The average molecular weight is 342 g/mol. The number of ether oxygens (including phenoxy) is 1. The number of halogens is 1. The van der Waals surface area contributed by atoms with Crippen LogP contribution in [0.15, 0.2) is 48.5 Å². The van der Waals surface area contributed by atoms with Gasteiger partial charge in [0.2, 0.25) is 5.91 Å². The number of hydrogen-bond donors (Lipinski definition) is 0. The fourth-order valence-electron chi connectivity index (χ4n) is 3.08.